The van der Waals surface area contributed by atoms with Gasteiger partial charge in [0.05, 0.1) is 41.1 Å². The van der Waals surface area contributed by atoms with Gasteiger partial charge in [-0.25, -0.2) is 14.4 Å². The number of carbonyl (C=O) groups excluding carboxylic acids is 1. The van der Waals surface area contributed by atoms with Crippen LogP contribution in [0.4, 0.5) is 0 Å². The Morgan fingerprint density at radius 1 is 1.12 bits per heavy atom. The first-order valence-corrected chi connectivity index (χ1v) is 10.3. The van der Waals surface area contributed by atoms with Crippen molar-refractivity contribution in [2.45, 2.75) is 18.9 Å². The summed E-state index contributed by atoms with van der Waals surface area (Å²) in [4.78, 5) is 37.4. The molecule has 1 aliphatic rings. The number of pyridine rings is 1. The summed E-state index contributed by atoms with van der Waals surface area (Å²) in [5.41, 5.74) is 1.38. The van der Waals surface area contributed by atoms with Crippen molar-refractivity contribution in [1.82, 2.24) is 9.55 Å². The van der Waals surface area contributed by atoms with Gasteiger partial charge < -0.3 is 19.5 Å². The van der Waals surface area contributed by atoms with E-state index in [0.29, 0.717) is 5.56 Å². The van der Waals surface area contributed by atoms with E-state index in [4.69, 9.17) is 14.9 Å². The Bertz CT molecular complexity index is 1300. The maximum absolute atomic E-state index is 12.0. The number of fused-ring (bicyclic) bond motifs is 1. The number of rotatable bonds is 5. The van der Waals surface area contributed by atoms with Crippen molar-refractivity contribution in [2.24, 2.45) is 0 Å². The molecule has 8 heteroatoms. The number of aromatic carboxylic acids is 2. The second-order valence-corrected chi connectivity index (χ2v) is 7.57. The molecule has 1 atom stereocenters. The largest absolute Gasteiger partial charge is 0.478 e. The molecule has 1 aromatic carbocycles. The van der Waals surface area contributed by atoms with E-state index in [0.717, 1.165) is 17.3 Å². The van der Waals surface area contributed by atoms with E-state index in [9.17, 15) is 14.4 Å². The molecule has 0 radical (unpaired) electrons. The van der Waals surface area contributed by atoms with Gasteiger partial charge in [0, 0.05) is 17.8 Å². The molecule has 0 fully saturated rings. The average molecular weight is 460 g/mol. The number of hydrogen-bond donors (Lipinski definition) is 2. The fourth-order valence-corrected chi connectivity index (χ4v) is 3.84. The van der Waals surface area contributed by atoms with Crippen LogP contribution in [0.2, 0.25) is 0 Å². The average Bonchev–Trinajstić information content (AvgIpc) is 3.24. The van der Waals surface area contributed by atoms with Crippen molar-refractivity contribution in [2.75, 3.05) is 7.11 Å². The summed E-state index contributed by atoms with van der Waals surface area (Å²) in [5.74, 6) is -2.57. The number of carbonyl (C=O) groups is 3. The number of benzene rings is 1. The normalized spacial score (nSPS) is 16.4. The Labute approximate surface area is 196 Å². The van der Waals surface area contributed by atoms with Crippen molar-refractivity contribution in [3.8, 4) is 0 Å². The van der Waals surface area contributed by atoms with Gasteiger partial charge in [-0.05, 0) is 37.1 Å². The lowest BCUT2D eigenvalue weighted by atomic mass is 9.91. The molecule has 0 bridgehead atoms. The minimum absolute atomic E-state index is 0.0277. The number of aromatic nitrogens is 2. The van der Waals surface area contributed by atoms with Crippen LogP contribution in [0.3, 0.4) is 0 Å². The van der Waals surface area contributed by atoms with Crippen LogP contribution in [0.5, 0.6) is 0 Å². The van der Waals surface area contributed by atoms with E-state index in [2.05, 4.69) is 23.7 Å². The molecular weight excluding hydrogens is 436 g/mol. The number of allylic oxidation sites excluding steroid dienone is 5. The van der Waals surface area contributed by atoms with E-state index in [1.54, 1.807) is 12.4 Å². The Balaban J connectivity index is 0.000000215. The molecule has 0 spiro atoms. The lowest BCUT2D eigenvalue weighted by molar-refractivity contribution is 0.0600. The Morgan fingerprint density at radius 3 is 2.32 bits per heavy atom. The summed E-state index contributed by atoms with van der Waals surface area (Å²) in [6, 6.07) is 6.01. The summed E-state index contributed by atoms with van der Waals surface area (Å²) in [7, 11) is 1.39. The number of nitrogens with zero attached hydrogens (tertiary/aromatic N) is 2. The third-order valence-electron chi connectivity index (χ3n) is 5.69. The van der Waals surface area contributed by atoms with E-state index in [-0.39, 0.29) is 28.2 Å². The second-order valence-electron chi connectivity index (χ2n) is 7.57. The van der Waals surface area contributed by atoms with Crippen LogP contribution in [0, 0.1) is 6.92 Å². The third-order valence-corrected chi connectivity index (χ3v) is 5.69. The predicted octanol–water partition coefficient (Wildman–Crippen LogP) is 4.61. The molecule has 4 rings (SSSR count). The minimum Gasteiger partial charge on any atom is -0.478 e. The van der Waals surface area contributed by atoms with Crippen molar-refractivity contribution in [3.05, 3.63) is 102 Å². The molecule has 1 aliphatic carbocycles. The molecule has 8 nitrogen and oxygen atoms in total. The molecule has 0 saturated carbocycles. The van der Waals surface area contributed by atoms with E-state index >= 15 is 0 Å². The topological polar surface area (TPSA) is 119 Å². The Hall–Kier alpha value is -4.46. The summed E-state index contributed by atoms with van der Waals surface area (Å²) < 4.78 is 6.92. The second kappa shape index (κ2) is 9.99. The summed E-state index contributed by atoms with van der Waals surface area (Å²) in [6.45, 7) is 5.45. The zero-order valence-electron chi connectivity index (χ0n) is 18.8. The van der Waals surface area contributed by atoms with Crippen molar-refractivity contribution < 1.29 is 29.3 Å². The monoisotopic (exact) mass is 460 g/mol. The standard InChI is InChI=1S/C17H16N2O2.C9H8O4/c1-3-17(8-5-4-6-9-17)19-12-14(16(20)21-2)13-7-10-18-11-15(13)19;1-5-6(8(10)11)3-2-4-7(5)9(12)13/h3-8,10-12H,1,9H2,2H3;2-4H,1H3,(H,10,11)(H,12,13). The molecule has 2 aromatic heterocycles. The Morgan fingerprint density at radius 2 is 1.79 bits per heavy atom. The SMILES string of the molecule is C=CC1(n2cc(C(=O)OC)c3ccncc32)C=CC=CC1.Cc1c(C(=O)O)cccc1C(=O)O. The van der Waals surface area contributed by atoms with Gasteiger partial charge in [-0.15, -0.1) is 6.58 Å². The minimum atomic E-state index is -1.11. The smallest absolute Gasteiger partial charge is 0.340 e. The highest BCUT2D eigenvalue weighted by molar-refractivity contribution is 6.04. The first-order chi connectivity index (χ1) is 16.3. The zero-order chi connectivity index (χ0) is 24.9. The van der Waals surface area contributed by atoms with E-state index in [1.165, 1.54) is 32.2 Å². The summed E-state index contributed by atoms with van der Waals surface area (Å²) >= 11 is 0. The maximum atomic E-state index is 12.0. The third kappa shape index (κ3) is 4.52. The van der Waals surface area contributed by atoms with Gasteiger partial charge in [0.1, 0.15) is 0 Å². The fourth-order valence-electron chi connectivity index (χ4n) is 3.84. The van der Waals surface area contributed by atoms with Gasteiger partial charge in [0.15, 0.2) is 0 Å². The molecule has 0 saturated heterocycles. The highest BCUT2D eigenvalue weighted by atomic mass is 16.5. The van der Waals surface area contributed by atoms with Gasteiger partial charge in [-0.1, -0.05) is 36.4 Å². The Kier molecular flexibility index (Phi) is 7.11. The predicted molar refractivity (Wildman–Crippen MR) is 127 cm³/mol. The quantitative estimate of drug-likeness (QED) is 0.421. The zero-order valence-corrected chi connectivity index (χ0v) is 18.8. The number of hydrogen-bond acceptors (Lipinski definition) is 5. The van der Waals surface area contributed by atoms with Crippen LogP contribution >= 0.6 is 0 Å². The summed E-state index contributed by atoms with van der Waals surface area (Å²) in [5, 5.41) is 18.2. The fraction of sp³-hybridized carbons (Fsp3) is 0.154. The van der Waals surface area contributed by atoms with Crippen LogP contribution in [0.15, 0.2) is 79.8 Å². The number of esters is 1. The van der Waals surface area contributed by atoms with Crippen LogP contribution in [0.25, 0.3) is 10.9 Å². The van der Waals surface area contributed by atoms with Crippen LogP contribution < -0.4 is 0 Å². The number of methoxy groups -OCH3 is 1. The van der Waals surface area contributed by atoms with Gasteiger partial charge in [0.2, 0.25) is 0 Å². The molecule has 0 aliphatic heterocycles. The van der Waals surface area contributed by atoms with Crippen molar-refractivity contribution in [1.29, 1.82) is 0 Å². The van der Waals surface area contributed by atoms with Crippen molar-refractivity contribution >= 4 is 28.8 Å². The molecular formula is C26H24N2O6. The van der Waals surface area contributed by atoms with Crippen LogP contribution in [0.1, 0.15) is 43.1 Å². The van der Waals surface area contributed by atoms with Gasteiger partial charge in [-0.2, -0.15) is 0 Å². The lowest BCUT2D eigenvalue weighted by Crippen LogP contribution is -2.28. The molecule has 0 amide bonds. The number of ether oxygens (including phenoxy) is 1. The van der Waals surface area contributed by atoms with Gasteiger partial charge in [0.25, 0.3) is 0 Å². The first-order valence-electron chi connectivity index (χ1n) is 10.3. The van der Waals surface area contributed by atoms with E-state index in [1.807, 2.05) is 35.1 Å². The molecule has 174 valence electrons. The van der Waals surface area contributed by atoms with Crippen LogP contribution in [-0.2, 0) is 10.3 Å². The van der Waals surface area contributed by atoms with Crippen molar-refractivity contribution in [3.63, 3.8) is 0 Å². The highest BCUT2D eigenvalue weighted by Crippen LogP contribution is 2.34. The first kappa shape index (κ1) is 24.2. The summed E-state index contributed by atoms with van der Waals surface area (Å²) in [6.07, 6.45) is 16.1. The molecule has 2 heterocycles. The lowest BCUT2D eigenvalue weighted by Gasteiger charge is -2.30. The molecule has 3 aromatic rings. The maximum Gasteiger partial charge on any atom is 0.340 e. The van der Waals surface area contributed by atoms with Gasteiger partial charge >= 0.3 is 17.9 Å². The number of carboxylic acids is 2. The molecule has 1 unspecified atom stereocenters. The van der Waals surface area contributed by atoms with Crippen LogP contribution in [-0.4, -0.2) is 44.8 Å². The number of carboxylic acid groups (broad SMARTS) is 2. The highest BCUT2D eigenvalue weighted by Gasteiger charge is 2.29. The van der Waals surface area contributed by atoms with E-state index < -0.39 is 11.9 Å². The molecule has 34 heavy (non-hydrogen) atoms. The molecule has 2 N–H and O–H groups in total. The van der Waals surface area contributed by atoms with Gasteiger partial charge in [-0.3, -0.25) is 4.98 Å².